The fourth-order valence-electron chi connectivity index (χ4n) is 12.6. The molecular formula is C79H106F3N15O12. The molecule has 6 aromatic rings. The fraction of sp³-hybridized carbons (Fsp3) is 0.443. The van der Waals surface area contributed by atoms with Gasteiger partial charge in [0.15, 0.2) is 23.3 Å². The molecule has 3 aliphatic rings. The van der Waals surface area contributed by atoms with Crippen LogP contribution in [0.4, 0.5) is 13.2 Å². The topological polar surface area (TPSA) is 411 Å². The summed E-state index contributed by atoms with van der Waals surface area (Å²) in [6.45, 7) is 15.5. The van der Waals surface area contributed by atoms with Gasteiger partial charge in [-0.1, -0.05) is 20.6 Å². The van der Waals surface area contributed by atoms with E-state index in [0.717, 1.165) is 147 Å². The van der Waals surface area contributed by atoms with Crippen molar-refractivity contribution in [3.63, 3.8) is 0 Å². The number of nitrogens with two attached hydrogens (primary N) is 6. The van der Waals surface area contributed by atoms with Gasteiger partial charge >= 0.3 is 11.9 Å². The van der Waals surface area contributed by atoms with Gasteiger partial charge in [0.25, 0.3) is 0 Å². The predicted molar refractivity (Wildman–Crippen MR) is 413 cm³/mol. The molecule has 6 aromatic carbocycles. The van der Waals surface area contributed by atoms with E-state index in [4.69, 9.17) is 84.1 Å². The number of oxime groups is 4. The van der Waals surface area contributed by atoms with Gasteiger partial charge in [0.05, 0.1) is 56.3 Å². The smallest absolute Gasteiger partial charge is 0.332 e. The summed E-state index contributed by atoms with van der Waals surface area (Å²) in [5.41, 5.74) is 35.4. The summed E-state index contributed by atoms with van der Waals surface area (Å²) in [6.07, 6.45) is 15.8. The van der Waals surface area contributed by atoms with Crippen LogP contribution in [0.5, 0.6) is 34.5 Å². The highest BCUT2D eigenvalue weighted by atomic mass is 19.1. The normalized spacial score (nSPS) is 15.1. The third-order valence-electron chi connectivity index (χ3n) is 18.7. The van der Waals surface area contributed by atoms with Crippen LogP contribution in [-0.4, -0.2) is 171 Å². The minimum atomic E-state index is -0.637. The Morgan fingerprint density at radius 1 is 0.385 bits per heavy atom. The lowest BCUT2D eigenvalue weighted by Crippen LogP contribution is -2.35. The predicted octanol–water partition coefficient (Wildman–Crippen LogP) is 10.6. The molecular weight excluding hydrogens is 1410 g/mol. The lowest BCUT2D eigenvalue weighted by Gasteiger charge is -2.32. The number of nitrogen functional groups attached to an aromatic ring is 2. The molecule has 109 heavy (non-hydrogen) atoms. The van der Waals surface area contributed by atoms with E-state index in [1.54, 1.807) is 54.6 Å². The maximum Gasteiger partial charge on any atom is 0.332 e. The SMILES string of the molecule is CC(=O)O/N=C(\N)c1ccc(OCCCN2CCC(CCCOc3ccc(/C(N)=N/OC(C)=O)c(F)c3)CC2)cc1.N/C(=N\O)c1ccc(OCCCN2CCC(CCCOc3ccc(/C(N)=N/O)c(F)c3)CC2)cc1.N=C(N)c1ccc(OCCCN2CCC(CCCOc3ccc(C(=N)N)c(F)c3)CC2)cc1. The molecule has 3 aliphatic heterocycles. The van der Waals surface area contributed by atoms with E-state index >= 15 is 0 Å². The Kier molecular flexibility index (Phi) is 36.3. The molecule has 0 atom stereocenters. The third-order valence-corrected chi connectivity index (χ3v) is 18.7. The summed E-state index contributed by atoms with van der Waals surface area (Å²) in [4.78, 5) is 38.1. The van der Waals surface area contributed by atoms with Gasteiger partial charge in [-0.3, -0.25) is 10.8 Å². The number of benzene rings is 6. The van der Waals surface area contributed by atoms with Gasteiger partial charge in [-0.05, 0) is 263 Å². The van der Waals surface area contributed by atoms with Crippen LogP contribution in [0, 0.1) is 46.0 Å². The minimum absolute atomic E-state index is 0.0428. The van der Waals surface area contributed by atoms with E-state index in [1.165, 1.54) is 75.9 Å². The number of hydrogen-bond acceptors (Lipinski definition) is 21. The third kappa shape index (κ3) is 31.1. The van der Waals surface area contributed by atoms with Gasteiger partial charge in [-0.2, -0.15) is 0 Å². The lowest BCUT2D eigenvalue weighted by atomic mass is 9.92. The summed E-state index contributed by atoms with van der Waals surface area (Å²) in [7, 11) is 0. The number of nitrogens with one attached hydrogen (secondary N) is 2. The molecule has 3 heterocycles. The monoisotopic (exact) mass is 1510 g/mol. The standard InChI is InChI=1S/C29H38FN5O6.C25H34FN5O4.C25H34FN5O2/c1-20(36)40-33-28(31)23-6-8-24(9-7-23)38-18-4-14-35-15-12-22(13-16-35)5-3-17-39-25-10-11-26(27(30)19-25)29(32)34-41-21(2)37;26-23-17-21(8-9-22(23)25(28)30-33)35-15-1-3-18-10-13-31(14-11-18)12-2-16-34-20-6-4-19(5-7-20)24(27)29-32;26-23-17-21(8-9-22(23)25(29)30)33-15-1-3-18-10-13-31(14-11-18)12-2-16-32-20-6-4-19(5-7-20)24(27)28/h6-11,19,22H,3-5,12-18H2,1-2H3,(H2,31,33)(H2,32,34);4-9,17-18,32-33H,1-3,10-16H2,(H2,27,29)(H2,28,30);4-9,17-18H,1-3,10-16H2,(H3,27,28)(H3,29,30). The van der Waals surface area contributed by atoms with Gasteiger partial charge in [0.1, 0.15) is 63.6 Å². The lowest BCUT2D eigenvalue weighted by molar-refractivity contribution is -0.141. The number of rotatable bonds is 38. The number of hydrogen-bond donors (Lipinski definition) is 10. The summed E-state index contributed by atoms with van der Waals surface area (Å²) in [6, 6.07) is 34.7. The number of ether oxygens (including phenoxy) is 6. The zero-order valence-electron chi connectivity index (χ0n) is 62.3. The molecule has 9 rings (SSSR count). The van der Waals surface area contributed by atoms with Crippen molar-refractivity contribution in [3.8, 4) is 34.5 Å². The molecule has 0 aliphatic carbocycles. The quantitative estimate of drug-likeness (QED) is 0.00430. The van der Waals surface area contributed by atoms with Crippen molar-refractivity contribution in [1.29, 1.82) is 10.8 Å². The fourth-order valence-corrected chi connectivity index (χ4v) is 12.6. The second kappa shape index (κ2) is 46.4. The Morgan fingerprint density at radius 2 is 0.670 bits per heavy atom. The molecule has 0 radical (unpaired) electrons. The van der Waals surface area contributed by atoms with E-state index < -0.39 is 29.4 Å². The average molecular weight is 1510 g/mol. The van der Waals surface area contributed by atoms with Crippen LogP contribution in [0.3, 0.4) is 0 Å². The van der Waals surface area contributed by atoms with E-state index in [9.17, 15) is 22.8 Å². The molecule has 30 heteroatoms. The Labute approximate surface area is 635 Å². The van der Waals surface area contributed by atoms with Crippen LogP contribution < -0.4 is 62.8 Å². The number of carbonyl (C=O) groups excluding carboxylic acids is 2. The highest BCUT2D eigenvalue weighted by Gasteiger charge is 2.23. The van der Waals surface area contributed by atoms with E-state index in [0.29, 0.717) is 91.3 Å². The molecule has 0 saturated carbocycles. The van der Waals surface area contributed by atoms with Gasteiger partial charge < -0.3 is 97.6 Å². The molecule has 0 spiro atoms. The summed E-state index contributed by atoms with van der Waals surface area (Å²) >= 11 is 0. The molecule has 3 fully saturated rings. The van der Waals surface area contributed by atoms with Crippen molar-refractivity contribution in [1.82, 2.24) is 14.7 Å². The molecule has 0 amide bonds. The minimum Gasteiger partial charge on any atom is -0.494 e. The maximum absolute atomic E-state index is 14.3. The van der Waals surface area contributed by atoms with Crippen molar-refractivity contribution in [2.75, 3.05) is 98.5 Å². The van der Waals surface area contributed by atoms with Crippen LogP contribution >= 0.6 is 0 Å². The maximum atomic E-state index is 14.3. The van der Waals surface area contributed by atoms with Crippen molar-refractivity contribution < 1.29 is 71.3 Å². The molecule has 3 saturated heterocycles. The number of amidine groups is 6. The number of likely N-dealkylation sites (tertiary alicyclic amines) is 3. The van der Waals surface area contributed by atoms with Gasteiger partial charge in [0, 0.05) is 68.4 Å². The van der Waals surface area contributed by atoms with Crippen LogP contribution in [0.1, 0.15) is 144 Å². The number of halogens is 3. The van der Waals surface area contributed by atoms with Crippen molar-refractivity contribution in [2.45, 2.75) is 110 Å². The first-order valence-electron chi connectivity index (χ1n) is 36.9. The van der Waals surface area contributed by atoms with Crippen LogP contribution in [-0.2, 0) is 19.3 Å². The summed E-state index contributed by atoms with van der Waals surface area (Å²) < 4.78 is 76.6. The molecule has 0 aromatic heterocycles. The first kappa shape index (κ1) is 85.4. The highest BCUT2D eigenvalue weighted by Crippen LogP contribution is 2.28. The number of carbonyl (C=O) groups is 2. The second-order valence-electron chi connectivity index (χ2n) is 26.8. The molecule has 590 valence electrons. The number of piperidine rings is 3. The zero-order chi connectivity index (χ0) is 78.3. The first-order valence-corrected chi connectivity index (χ1v) is 36.9. The van der Waals surface area contributed by atoms with Crippen LogP contribution in [0.25, 0.3) is 0 Å². The average Bonchev–Trinajstić information content (AvgIpc) is 0.854. The van der Waals surface area contributed by atoms with Crippen molar-refractivity contribution in [2.24, 2.45) is 72.8 Å². The molecule has 27 nitrogen and oxygen atoms in total. The largest absolute Gasteiger partial charge is 0.494 e. The van der Waals surface area contributed by atoms with Crippen LogP contribution in [0.2, 0.25) is 0 Å². The number of nitrogens with zero attached hydrogens (tertiary/aromatic N) is 7. The van der Waals surface area contributed by atoms with Crippen molar-refractivity contribution in [3.05, 3.63) is 178 Å². The summed E-state index contributed by atoms with van der Waals surface area (Å²) in [5, 5.41) is 44.9. The molecule has 0 bridgehead atoms. The van der Waals surface area contributed by atoms with Crippen LogP contribution in [0.15, 0.2) is 148 Å². The zero-order valence-corrected chi connectivity index (χ0v) is 62.3. The van der Waals surface area contributed by atoms with Gasteiger partial charge in [0.2, 0.25) is 0 Å². The Balaban J connectivity index is 0.000000229. The van der Waals surface area contributed by atoms with Crippen molar-refractivity contribution >= 4 is 47.0 Å². The second-order valence-corrected chi connectivity index (χ2v) is 26.8. The highest BCUT2D eigenvalue weighted by molar-refractivity contribution is 5.99. The van der Waals surface area contributed by atoms with Gasteiger partial charge in [-0.25, -0.2) is 22.8 Å². The first-order chi connectivity index (χ1) is 52.6. The summed E-state index contributed by atoms with van der Waals surface area (Å²) in [5.74, 6) is 2.32. The van der Waals surface area contributed by atoms with Gasteiger partial charge in [-0.15, -0.1) is 0 Å². The Morgan fingerprint density at radius 3 is 0.982 bits per heavy atom. The Bertz CT molecular complexity index is 3930. The van der Waals surface area contributed by atoms with E-state index in [2.05, 4.69) is 45.0 Å². The van der Waals surface area contributed by atoms with E-state index in [-0.39, 0.29) is 51.7 Å². The molecule has 16 N–H and O–H groups in total. The molecule has 0 unspecified atom stereocenters. The Hall–Kier alpha value is -10.9. The van der Waals surface area contributed by atoms with E-state index in [1.807, 2.05) is 36.4 Å².